The van der Waals surface area contributed by atoms with E-state index in [1.165, 1.54) is 11.1 Å². The molecule has 0 amide bonds. The molecule has 0 bridgehead atoms. The fourth-order valence-corrected chi connectivity index (χ4v) is 3.15. The molecule has 1 aromatic heterocycles. The Morgan fingerprint density at radius 3 is 2.50 bits per heavy atom. The zero-order valence-corrected chi connectivity index (χ0v) is 13.5. The first-order chi connectivity index (χ1) is 9.58. The van der Waals surface area contributed by atoms with Crippen LogP contribution in [0.15, 0.2) is 44.7 Å². The third-order valence-electron chi connectivity index (χ3n) is 2.88. The van der Waals surface area contributed by atoms with Crippen molar-refractivity contribution in [3.63, 3.8) is 0 Å². The van der Waals surface area contributed by atoms with Crippen molar-refractivity contribution in [2.24, 2.45) is 10.9 Å². The summed E-state index contributed by atoms with van der Waals surface area (Å²) in [6.45, 7) is 1.76. The number of thiophene rings is 1. The van der Waals surface area contributed by atoms with Gasteiger partial charge in [0.05, 0.1) is 3.79 Å². The zero-order valence-electron chi connectivity index (χ0n) is 11.1. The summed E-state index contributed by atoms with van der Waals surface area (Å²) in [5.41, 5.74) is 8.75. The predicted molar refractivity (Wildman–Crippen MR) is 86.1 cm³/mol. The average molecular weight is 354 g/mol. The minimum atomic E-state index is 0.132. The van der Waals surface area contributed by atoms with Gasteiger partial charge in [-0.15, -0.1) is 11.3 Å². The van der Waals surface area contributed by atoms with E-state index in [0.717, 1.165) is 22.4 Å². The van der Waals surface area contributed by atoms with Crippen LogP contribution in [0.3, 0.4) is 0 Å². The summed E-state index contributed by atoms with van der Waals surface area (Å²) in [5.74, 6) is 0.132. The van der Waals surface area contributed by atoms with E-state index in [4.69, 9.17) is 10.9 Å². The molecule has 1 heterocycles. The molecule has 0 atom stereocenters. The smallest absolute Gasteiger partial charge is 0.170 e. The topological polar surface area (TPSA) is 61.8 Å². The lowest BCUT2D eigenvalue weighted by atomic mass is 10.1. The number of oxime groups is 1. The molecule has 3 N–H and O–H groups in total. The molecular formula is C14H16BrN3OS. The molecular weight excluding hydrogens is 338 g/mol. The standard InChI is InChI=1S/C14H16BrN3OS/c1-18(8-11-6-13(15)20-9-11)7-10-2-4-12(5-3-10)14(16)17-19/h2-6,9,19H,7-8H2,1H3,(H2,16,17). The molecule has 20 heavy (non-hydrogen) atoms. The third-order valence-corrected chi connectivity index (χ3v) is 4.44. The zero-order chi connectivity index (χ0) is 14.5. The van der Waals surface area contributed by atoms with E-state index in [1.807, 2.05) is 24.3 Å². The number of halogens is 1. The van der Waals surface area contributed by atoms with Gasteiger partial charge in [-0.2, -0.15) is 0 Å². The highest BCUT2D eigenvalue weighted by Gasteiger charge is 2.05. The Hall–Kier alpha value is -1.37. The van der Waals surface area contributed by atoms with Crippen molar-refractivity contribution in [2.75, 3.05) is 7.05 Å². The summed E-state index contributed by atoms with van der Waals surface area (Å²) < 4.78 is 1.16. The lowest BCUT2D eigenvalue weighted by Gasteiger charge is -2.16. The molecule has 2 rings (SSSR count). The van der Waals surface area contributed by atoms with Crippen molar-refractivity contribution in [1.82, 2.24) is 4.90 Å². The normalized spacial score (nSPS) is 12.1. The molecule has 0 aliphatic carbocycles. The number of nitrogens with two attached hydrogens (primary N) is 1. The molecule has 2 aromatic rings. The van der Waals surface area contributed by atoms with Gasteiger partial charge < -0.3 is 10.9 Å². The minimum Gasteiger partial charge on any atom is -0.409 e. The fraction of sp³-hybridized carbons (Fsp3) is 0.214. The molecule has 1 aromatic carbocycles. The second-order valence-electron chi connectivity index (χ2n) is 4.61. The fourth-order valence-electron chi connectivity index (χ4n) is 1.95. The maximum atomic E-state index is 8.62. The van der Waals surface area contributed by atoms with Gasteiger partial charge in [0.25, 0.3) is 0 Å². The van der Waals surface area contributed by atoms with Crippen LogP contribution >= 0.6 is 27.3 Å². The van der Waals surface area contributed by atoms with Crippen LogP contribution in [-0.2, 0) is 13.1 Å². The Morgan fingerprint density at radius 1 is 1.30 bits per heavy atom. The van der Waals surface area contributed by atoms with Crippen molar-refractivity contribution >= 4 is 33.1 Å². The van der Waals surface area contributed by atoms with Crippen LogP contribution in [0.1, 0.15) is 16.7 Å². The van der Waals surface area contributed by atoms with E-state index in [9.17, 15) is 0 Å². The lowest BCUT2D eigenvalue weighted by Crippen LogP contribution is -2.17. The number of rotatable bonds is 5. The first-order valence-electron chi connectivity index (χ1n) is 6.07. The van der Waals surface area contributed by atoms with Crippen LogP contribution in [-0.4, -0.2) is 23.0 Å². The number of benzene rings is 1. The SMILES string of the molecule is CN(Cc1ccc(C(N)=NO)cc1)Cc1csc(Br)c1. The van der Waals surface area contributed by atoms with Gasteiger partial charge in [-0.05, 0) is 45.6 Å². The number of nitrogens with zero attached hydrogens (tertiary/aromatic N) is 2. The van der Waals surface area contributed by atoms with Crippen molar-refractivity contribution in [3.8, 4) is 0 Å². The summed E-state index contributed by atoms with van der Waals surface area (Å²) in [5, 5.41) is 13.8. The number of hydrogen-bond acceptors (Lipinski definition) is 4. The van der Waals surface area contributed by atoms with Crippen LogP contribution in [0.25, 0.3) is 0 Å². The van der Waals surface area contributed by atoms with Gasteiger partial charge in [0.2, 0.25) is 0 Å². The van der Waals surface area contributed by atoms with Crippen molar-refractivity contribution in [3.05, 3.63) is 56.2 Å². The Bertz CT molecular complexity index is 595. The molecule has 0 fully saturated rings. The lowest BCUT2D eigenvalue weighted by molar-refractivity contribution is 0.318. The van der Waals surface area contributed by atoms with Gasteiger partial charge in [0, 0.05) is 18.7 Å². The summed E-state index contributed by atoms with van der Waals surface area (Å²) in [7, 11) is 2.09. The first kappa shape index (κ1) is 15.0. The molecule has 0 radical (unpaired) electrons. The quantitative estimate of drug-likeness (QED) is 0.375. The monoisotopic (exact) mass is 353 g/mol. The molecule has 4 nitrogen and oxygen atoms in total. The van der Waals surface area contributed by atoms with Crippen molar-refractivity contribution in [2.45, 2.75) is 13.1 Å². The Kier molecular flexibility index (Phi) is 5.17. The van der Waals surface area contributed by atoms with Gasteiger partial charge in [-0.25, -0.2) is 0 Å². The summed E-state index contributed by atoms with van der Waals surface area (Å²) in [6.07, 6.45) is 0. The second-order valence-corrected chi connectivity index (χ2v) is 6.90. The van der Waals surface area contributed by atoms with E-state index in [2.05, 4.69) is 44.5 Å². The highest BCUT2D eigenvalue weighted by atomic mass is 79.9. The van der Waals surface area contributed by atoms with E-state index in [1.54, 1.807) is 11.3 Å². The van der Waals surface area contributed by atoms with Crippen LogP contribution in [0.2, 0.25) is 0 Å². The van der Waals surface area contributed by atoms with E-state index >= 15 is 0 Å². The van der Waals surface area contributed by atoms with Gasteiger partial charge in [0.15, 0.2) is 5.84 Å². The predicted octanol–water partition coefficient (Wildman–Crippen LogP) is 3.24. The number of hydrogen-bond donors (Lipinski definition) is 2. The molecule has 0 aliphatic rings. The minimum absolute atomic E-state index is 0.132. The van der Waals surface area contributed by atoms with Crippen LogP contribution in [0.5, 0.6) is 0 Å². The molecule has 0 aliphatic heterocycles. The summed E-state index contributed by atoms with van der Waals surface area (Å²) >= 11 is 5.17. The molecule has 0 saturated heterocycles. The number of amidine groups is 1. The molecule has 106 valence electrons. The molecule has 0 unspecified atom stereocenters. The van der Waals surface area contributed by atoms with E-state index in [-0.39, 0.29) is 5.84 Å². The van der Waals surface area contributed by atoms with Crippen LogP contribution in [0.4, 0.5) is 0 Å². The van der Waals surface area contributed by atoms with Gasteiger partial charge in [-0.1, -0.05) is 29.4 Å². The van der Waals surface area contributed by atoms with Crippen LogP contribution in [0, 0.1) is 0 Å². The Morgan fingerprint density at radius 2 is 1.95 bits per heavy atom. The van der Waals surface area contributed by atoms with Gasteiger partial charge in [-0.3, -0.25) is 4.90 Å². The van der Waals surface area contributed by atoms with E-state index < -0.39 is 0 Å². The van der Waals surface area contributed by atoms with E-state index in [0.29, 0.717) is 0 Å². The second kappa shape index (κ2) is 6.88. The van der Waals surface area contributed by atoms with Gasteiger partial charge in [0.1, 0.15) is 0 Å². The average Bonchev–Trinajstić information content (AvgIpc) is 2.84. The first-order valence-corrected chi connectivity index (χ1v) is 7.74. The third kappa shape index (κ3) is 4.06. The highest BCUT2D eigenvalue weighted by molar-refractivity contribution is 9.11. The maximum Gasteiger partial charge on any atom is 0.170 e. The summed E-state index contributed by atoms with van der Waals surface area (Å²) in [4.78, 5) is 2.24. The largest absolute Gasteiger partial charge is 0.409 e. The molecule has 0 spiro atoms. The van der Waals surface area contributed by atoms with Crippen molar-refractivity contribution in [1.29, 1.82) is 0 Å². The maximum absolute atomic E-state index is 8.62. The van der Waals surface area contributed by atoms with Crippen LogP contribution < -0.4 is 5.73 Å². The Labute approximate surface area is 130 Å². The van der Waals surface area contributed by atoms with Gasteiger partial charge >= 0.3 is 0 Å². The van der Waals surface area contributed by atoms with Crippen molar-refractivity contribution < 1.29 is 5.21 Å². The highest BCUT2D eigenvalue weighted by Crippen LogP contribution is 2.21. The molecule has 0 saturated carbocycles. The summed E-state index contributed by atoms with van der Waals surface area (Å²) in [6, 6.07) is 9.85. The Balaban J connectivity index is 1.95. The molecule has 6 heteroatoms.